The molecule has 0 bridgehead atoms. The van der Waals surface area contributed by atoms with E-state index in [2.05, 4.69) is 29.4 Å². The van der Waals surface area contributed by atoms with Crippen LogP contribution in [0.1, 0.15) is 11.1 Å². The standard InChI is InChI=1S/C16H15N3S/c1-11-9-18-7-6-14(11)16-19-15(10-20-16)13-4-2-12(8-17)3-5-13/h2-7,9-10H,8,17H2,1H3. The van der Waals surface area contributed by atoms with Crippen LogP contribution < -0.4 is 5.73 Å². The molecule has 0 spiro atoms. The number of nitrogens with two attached hydrogens (primary N) is 1. The van der Waals surface area contributed by atoms with Gasteiger partial charge in [-0.3, -0.25) is 4.98 Å². The molecular weight excluding hydrogens is 266 g/mol. The second kappa shape index (κ2) is 5.53. The lowest BCUT2D eigenvalue weighted by atomic mass is 10.1. The van der Waals surface area contributed by atoms with Crippen LogP contribution in [0.4, 0.5) is 0 Å². The summed E-state index contributed by atoms with van der Waals surface area (Å²) in [7, 11) is 0. The van der Waals surface area contributed by atoms with Crippen molar-refractivity contribution < 1.29 is 0 Å². The van der Waals surface area contributed by atoms with Crippen molar-refractivity contribution in [3.63, 3.8) is 0 Å². The van der Waals surface area contributed by atoms with Crippen molar-refractivity contribution in [2.45, 2.75) is 13.5 Å². The van der Waals surface area contributed by atoms with Gasteiger partial charge in [0.2, 0.25) is 0 Å². The van der Waals surface area contributed by atoms with Crippen molar-refractivity contribution in [1.29, 1.82) is 0 Å². The van der Waals surface area contributed by atoms with Gasteiger partial charge < -0.3 is 5.73 Å². The summed E-state index contributed by atoms with van der Waals surface area (Å²) in [5.74, 6) is 0. The van der Waals surface area contributed by atoms with E-state index < -0.39 is 0 Å². The molecule has 3 rings (SSSR count). The minimum absolute atomic E-state index is 0.568. The monoisotopic (exact) mass is 281 g/mol. The van der Waals surface area contributed by atoms with E-state index in [1.807, 2.05) is 24.4 Å². The fourth-order valence-electron chi connectivity index (χ4n) is 2.05. The van der Waals surface area contributed by atoms with Crippen LogP contribution in [0.15, 0.2) is 48.1 Å². The molecule has 3 nitrogen and oxygen atoms in total. The quantitative estimate of drug-likeness (QED) is 0.797. The highest BCUT2D eigenvalue weighted by atomic mass is 32.1. The lowest BCUT2D eigenvalue weighted by Crippen LogP contribution is -1.95. The second-order valence-electron chi connectivity index (χ2n) is 4.63. The zero-order chi connectivity index (χ0) is 13.9. The molecule has 0 atom stereocenters. The minimum Gasteiger partial charge on any atom is -0.326 e. The number of nitrogens with zero attached hydrogens (tertiary/aromatic N) is 2. The molecule has 2 N–H and O–H groups in total. The van der Waals surface area contributed by atoms with E-state index in [0.29, 0.717) is 6.54 Å². The maximum atomic E-state index is 5.62. The van der Waals surface area contributed by atoms with E-state index in [-0.39, 0.29) is 0 Å². The van der Waals surface area contributed by atoms with Crippen molar-refractivity contribution in [2.75, 3.05) is 0 Å². The molecule has 0 aliphatic rings. The molecule has 4 heteroatoms. The molecule has 2 heterocycles. The molecule has 0 aliphatic carbocycles. The van der Waals surface area contributed by atoms with Crippen LogP contribution in [0.25, 0.3) is 21.8 Å². The Hall–Kier alpha value is -2.04. The second-order valence-corrected chi connectivity index (χ2v) is 5.49. The summed E-state index contributed by atoms with van der Waals surface area (Å²) in [5, 5.41) is 3.12. The molecule has 0 unspecified atom stereocenters. The van der Waals surface area contributed by atoms with E-state index in [1.165, 1.54) is 0 Å². The SMILES string of the molecule is Cc1cnccc1-c1nc(-c2ccc(CN)cc2)cs1. The summed E-state index contributed by atoms with van der Waals surface area (Å²) in [6.45, 7) is 2.62. The fourth-order valence-corrected chi connectivity index (χ4v) is 2.97. The molecule has 0 aliphatic heterocycles. The Kier molecular flexibility index (Phi) is 3.58. The summed E-state index contributed by atoms with van der Waals surface area (Å²) in [6.07, 6.45) is 3.67. The molecule has 20 heavy (non-hydrogen) atoms. The number of benzene rings is 1. The van der Waals surface area contributed by atoms with E-state index in [4.69, 9.17) is 10.7 Å². The molecule has 0 radical (unpaired) electrons. The normalized spacial score (nSPS) is 10.7. The first-order valence-electron chi connectivity index (χ1n) is 6.44. The van der Waals surface area contributed by atoms with E-state index in [1.54, 1.807) is 17.5 Å². The number of thiazole rings is 1. The summed E-state index contributed by atoms with van der Waals surface area (Å²) in [4.78, 5) is 8.85. The van der Waals surface area contributed by atoms with Gasteiger partial charge in [-0.2, -0.15) is 0 Å². The van der Waals surface area contributed by atoms with Gasteiger partial charge in [0, 0.05) is 35.4 Å². The molecule has 100 valence electrons. The molecular formula is C16H15N3S. The summed E-state index contributed by atoms with van der Waals surface area (Å²) >= 11 is 1.66. The Morgan fingerprint density at radius 1 is 1.15 bits per heavy atom. The molecule has 0 fully saturated rings. The van der Waals surface area contributed by atoms with E-state index in [9.17, 15) is 0 Å². The Morgan fingerprint density at radius 3 is 2.65 bits per heavy atom. The Bertz CT molecular complexity index is 717. The first kappa shape index (κ1) is 13.0. The molecule has 0 saturated carbocycles. The third kappa shape index (κ3) is 2.48. The molecule has 0 saturated heterocycles. The smallest absolute Gasteiger partial charge is 0.124 e. The highest BCUT2D eigenvalue weighted by molar-refractivity contribution is 7.13. The third-order valence-corrected chi connectivity index (χ3v) is 4.12. The van der Waals surface area contributed by atoms with Crippen LogP contribution in [-0.4, -0.2) is 9.97 Å². The van der Waals surface area contributed by atoms with Crippen LogP contribution in [0.2, 0.25) is 0 Å². The highest BCUT2D eigenvalue weighted by Crippen LogP contribution is 2.30. The van der Waals surface area contributed by atoms with Gasteiger partial charge in [0.25, 0.3) is 0 Å². The average Bonchev–Trinajstić information content (AvgIpc) is 2.97. The van der Waals surface area contributed by atoms with E-state index in [0.717, 1.165) is 33.0 Å². The van der Waals surface area contributed by atoms with Gasteiger partial charge in [-0.15, -0.1) is 11.3 Å². The first-order chi connectivity index (χ1) is 9.78. The fraction of sp³-hybridized carbons (Fsp3) is 0.125. The number of rotatable bonds is 3. The van der Waals surface area contributed by atoms with Gasteiger partial charge in [0.15, 0.2) is 0 Å². The van der Waals surface area contributed by atoms with Crippen molar-refractivity contribution in [3.8, 4) is 21.8 Å². The molecule has 1 aromatic carbocycles. The van der Waals surface area contributed by atoms with Gasteiger partial charge in [0.1, 0.15) is 5.01 Å². The predicted octanol–water partition coefficient (Wildman–Crippen LogP) is 3.64. The third-order valence-electron chi connectivity index (χ3n) is 3.24. The molecule has 0 amide bonds. The average molecular weight is 281 g/mol. The lowest BCUT2D eigenvalue weighted by Gasteiger charge is -2.01. The Labute approximate surface area is 122 Å². The number of aryl methyl sites for hydroxylation is 1. The summed E-state index contributed by atoms with van der Waals surface area (Å²) in [6, 6.07) is 10.2. The van der Waals surface area contributed by atoms with Crippen molar-refractivity contribution >= 4 is 11.3 Å². The lowest BCUT2D eigenvalue weighted by molar-refractivity contribution is 1.07. The molecule has 2 aromatic heterocycles. The van der Waals surface area contributed by atoms with Crippen LogP contribution in [-0.2, 0) is 6.54 Å². The van der Waals surface area contributed by atoms with Gasteiger partial charge in [-0.1, -0.05) is 24.3 Å². The highest BCUT2D eigenvalue weighted by Gasteiger charge is 2.08. The number of hydrogen-bond donors (Lipinski definition) is 1. The van der Waals surface area contributed by atoms with Gasteiger partial charge in [-0.25, -0.2) is 4.98 Å². The van der Waals surface area contributed by atoms with Gasteiger partial charge in [-0.05, 0) is 24.1 Å². The summed E-state index contributed by atoms with van der Waals surface area (Å²) < 4.78 is 0. The van der Waals surface area contributed by atoms with Crippen molar-refractivity contribution in [2.24, 2.45) is 5.73 Å². The maximum Gasteiger partial charge on any atom is 0.124 e. The van der Waals surface area contributed by atoms with Crippen molar-refractivity contribution in [3.05, 3.63) is 59.2 Å². The van der Waals surface area contributed by atoms with Crippen molar-refractivity contribution in [1.82, 2.24) is 9.97 Å². The van der Waals surface area contributed by atoms with Crippen LogP contribution in [0, 0.1) is 6.92 Å². The number of hydrogen-bond acceptors (Lipinski definition) is 4. The van der Waals surface area contributed by atoms with Gasteiger partial charge in [0.05, 0.1) is 5.69 Å². The maximum absolute atomic E-state index is 5.62. The van der Waals surface area contributed by atoms with Crippen LogP contribution in [0.3, 0.4) is 0 Å². The number of aromatic nitrogens is 2. The van der Waals surface area contributed by atoms with Crippen LogP contribution in [0.5, 0.6) is 0 Å². The number of pyridine rings is 1. The Balaban J connectivity index is 1.95. The summed E-state index contributed by atoms with van der Waals surface area (Å²) in [5.41, 5.74) is 11.2. The van der Waals surface area contributed by atoms with Gasteiger partial charge >= 0.3 is 0 Å². The zero-order valence-electron chi connectivity index (χ0n) is 11.2. The minimum atomic E-state index is 0.568. The Morgan fingerprint density at radius 2 is 1.95 bits per heavy atom. The molecule has 3 aromatic rings. The van der Waals surface area contributed by atoms with E-state index >= 15 is 0 Å². The predicted molar refractivity (Wildman–Crippen MR) is 83.4 cm³/mol. The zero-order valence-corrected chi connectivity index (χ0v) is 12.0. The first-order valence-corrected chi connectivity index (χ1v) is 7.32. The van der Waals surface area contributed by atoms with Crippen LogP contribution >= 0.6 is 11.3 Å². The largest absolute Gasteiger partial charge is 0.326 e. The topological polar surface area (TPSA) is 51.8 Å².